The third-order valence-corrected chi connectivity index (χ3v) is 9.03. The quantitative estimate of drug-likeness (QED) is 0.581. The molecule has 1 aliphatic heterocycles. The average Bonchev–Trinajstić information content (AvgIpc) is 3.50. The van der Waals surface area contributed by atoms with E-state index in [1.165, 1.54) is 19.4 Å². The first kappa shape index (κ1) is 22.6. The van der Waals surface area contributed by atoms with Gasteiger partial charge in [-0.05, 0) is 51.8 Å². The molecule has 1 aromatic carbocycles. The van der Waals surface area contributed by atoms with Gasteiger partial charge in [-0.3, -0.25) is 9.36 Å². The maximum absolute atomic E-state index is 15.2. The Morgan fingerprint density at radius 1 is 1.15 bits per heavy atom. The Bertz CT molecular complexity index is 1300. The van der Waals surface area contributed by atoms with Gasteiger partial charge in [0.15, 0.2) is 5.76 Å². The Morgan fingerprint density at radius 3 is 2.62 bits per heavy atom. The summed E-state index contributed by atoms with van der Waals surface area (Å²) in [6.45, 7) is 6.08. The Hall–Kier alpha value is -3.14. The van der Waals surface area contributed by atoms with Crippen LogP contribution >= 0.6 is 0 Å². The van der Waals surface area contributed by atoms with Crippen LogP contribution in [0, 0.1) is 5.82 Å². The van der Waals surface area contributed by atoms with Crippen molar-refractivity contribution in [2.24, 2.45) is 15.1 Å². The molecule has 1 saturated carbocycles. The SMILES string of the molecule is COc1cnc(-c2cc(-c3ccc(F)c([C@]4(C)C[S@](=NC5CC5)C(C)(C)C(N)=N4)c3)on2)cn1. The number of aliphatic imine (C=N–C) groups is 1. The third-order valence-electron chi connectivity index (χ3n) is 6.26. The van der Waals surface area contributed by atoms with Gasteiger partial charge in [-0.1, -0.05) is 15.8 Å². The van der Waals surface area contributed by atoms with Gasteiger partial charge >= 0.3 is 0 Å². The van der Waals surface area contributed by atoms with Gasteiger partial charge in [0.2, 0.25) is 5.88 Å². The highest BCUT2D eigenvalue weighted by molar-refractivity contribution is 7.89. The first-order chi connectivity index (χ1) is 16.2. The van der Waals surface area contributed by atoms with Gasteiger partial charge in [0.1, 0.15) is 23.0 Å². The Balaban J connectivity index is 1.51. The molecule has 10 heteroatoms. The molecule has 3 heterocycles. The summed E-state index contributed by atoms with van der Waals surface area (Å²) in [4.78, 5) is 13.2. The molecule has 2 aromatic heterocycles. The Kier molecular flexibility index (Phi) is 5.50. The van der Waals surface area contributed by atoms with Crippen molar-refractivity contribution >= 4 is 16.5 Å². The zero-order valence-corrected chi connectivity index (χ0v) is 20.4. The zero-order valence-electron chi connectivity index (χ0n) is 19.6. The maximum atomic E-state index is 15.2. The van der Waals surface area contributed by atoms with Crippen molar-refractivity contribution in [1.29, 1.82) is 0 Å². The van der Waals surface area contributed by atoms with Crippen LogP contribution in [-0.2, 0) is 16.2 Å². The lowest BCUT2D eigenvalue weighted by Gasteiger charge is -2.40. The predicted molar refractivity (Wildman–Crippen MR) is 130 cm³/mol. The highest BCUT2D eigenvalue weighted by atomic mass is 32.2. The van der Waals surface area contributed by atoms with Crippen molar-refractivity contribution < 1.29 is 13.7 Å². The van der Waals surface area contributed by atoms with E-state index in [0.29, 0.717) is 51.8 Å². The van der Waals surface area contributed by atoms with E-state index < -0.39 is 5.54 Å². The summed E-state index contributed by atoms with van der Waals surface area (Å²) in [5, 5.41) is 4.11. The third kappa shape index (κ3) is 4.11. The highest BCUT2D eigenvalue weighted by Gasteiger charge is 2.43. The average molecular weight is 483 g/mol. The molecule has 0 bridgehead atoms. The van der Waals surface area contributed by atoms with Gasteiger partial charge in [0.25, 0.3) is 0 Å². The molecular formula is C24H27FN6O2S. The normalized spacial score (nSPS) is 24.1. The van der Waals surface area contributed by atoms with E-state index in [2.05, 4.69) is 29.0 Å². The van der Waals surface area contributed by atoms with E-state index in [-0.39, 0.29) is 21.3 Å². The van der Waals surface area contributed by atoms with Crippen LogP contribution in [0.3, 0.4) is 0 Å². The topological polar surface area (TPSA) is 112 Å². The molecule has 0 amide bonds. The van der Waals surface area contributed by atoms with Gasteiger partial charge in [0, 0.05) is 22.9 Å². The second kappa shape index (κ2) is 8.26. The van der Waals surface area contributed by atoms with Gasteiger partial charge in [-0.25, -0.2) is 14.4 Å². The van der Waals surface area contributed by atoms with Crippen molar-refractivity contribution in [2.75, 3.05) is 12.9 Å². The summed E-state index contributed by atoms with van der Waals surface area (Å²) in [5.74, 6) is 1.69. The number of rotatable bonds is 5. The molecule has 3 aromatic rings. The van der Waals surface area contributed by atoms with Crippen molar-refractivity contribution in [2.45, 2.75) is 49.9 Å². The minimum absolute atomic E-state index is 0.335. The molecule has 2 N–H and O–H groups in total. The summed E-state index contributed by atoms with van der Waals surface area (Å²) in [5.41, 5.74) is 7.82. The van der Waals surface area contributed by atoms with Crippen LogP contribution in [0.1, 0.15) is 39.2 Å². The summed E-state index contributed by atoms with van der Waals surface area (Å²) < 4.78 is 30.5. The minimum Gasteiger partial charge on any atom is -0.480 e. The number of nitrogens with zero attached hydrogens (tertiary/aromatic N) is 5. The van der Waals surface area contributed by atoms with Crippen molar-refractivity contribution in [1.82, 2.24) is 15.1 Å². The molecule has 2 aliphatic rings. The molecule has 0 unspecified atom stereocenters. The smallest absolute Gasteiger partial charge is 0.232 e. The number of aromatic nitrogens is 3. The van der Waals surface area contributed by atoms with Gasteiger partial charge in [-0.2, -0.15) is 0 Å². The predicted octanol–water partition coefficient (Wildman–Crippen LogP) is 4.28. The van der Waals surface area contributed by atoms with E-state index >= 15 is 4.39 Å². The van der Waals surface area contributed by atoms with Crippen LogP contribution in [-0.4, -0.2) is 44.6 Å². The number of hydrogen-bond acceptors (Lipinski definition) is 8. The van der Waals surface area contributed by atoms with Crippen LogP contribution in [0.2, 0.25) is 0 Å². The van der Waals surface area contributed by atoms with Crippen LogP contribution < -0.4 is 10.5 Å². The second-order valence-electron chi connectivity index (χ2n) is 9.34. The monoisotopic (exact) mass is 482 g/mol. The molecule has 0 saturated heterocycles. The zero-order chi connectivity index (χ0) is 24.1. The number of amidine groups is 1. The van der Waals surface area contributed by atoms with Crippen LogP contribution in [0.15, 0.2) is 50.5 Å². The lowest BCUT2D eigenvalue weighted by atomic mass is 9.91. The van der Waals surface area contributed by atoms with Crippen molar-refractivity contribution in [3.63, 3.8) is 0 Å². The molecule has 1 fully saturated rings. The summed E-state index contributed by atoms with van der Waals surface area (Å²) in [6, 6.07) is 7.02. The molecule has 8 nitrogen and oxygen atoms in total. The summed E-state index contributed by atoms with van der Waals surface area (Å²) >= 11 is 0. The highest BCUT2D eigenvalue weighted by Crippen LogP contribution is 2.40. The fraction of sp³-hybridized carbons (Fsp3) is 0.417. The number of nitrogens with two attached hydrogens (primary N) is 1. The van der Waals surface area contributed by atoms with Crippen molar-refractivity contribution in [3.05, 3.63) is 48.0 Å². The van der Waals surface area contributed by atoms with E-state index in [4.69, 9.17) is 24.3 Å². The molecule has 0 radical (unpaired) electrons. The van der Waals surface area contributed by atoms with Gasteiger partial charge in [0.05, 0.1) is 35.8 Å². The van der Waals surface area contributed by atoms with E-state index in [0.717, 1.165) is 12.8 Å². The molecule has 178 valence electrons. The number of benzene rings is 1. The van der Waals surface area contributed by atoms with E-state index in [9.17, 15) is 0 Å². The fourth-order valence-electron chi connectivity index (χ4n) is 3.84. The minimum atomic E-state index is -0.828. The van der Waals surface area contributed by atoms with E-state index in [1.54, 1.807) is 24.4 Å². The number of hydrogen-bond donors (Lipinski definition) is 1. The fourth-order valence-corrected chi connectivity index (χ4v) is 6.15. The molecule has 2 atom stereocenters. The molecular weight excluding hydrogens is 455 g/mol. The van der Waals surface area contributed by atoms with E-state index in [1.807, 2.05) is 6.92 Å². The Labute approximate surface area is 199 Å². The largest absolute Gasteiger partial charge is 0.480 e. The van der Waals surface area contributed by atoms with Crippen molar-refractivity contribution in [3.8, 4) is 28.6 Å². The van der Waals surface area contributed by atoms with Crippen LogP contribution in [0.4, 0.5) is 4.39 Å². The van der Waals surface area contributed by atoms with Gasteiger partial charge in [-0.15, -0.1) is 0 Å². The van der Waals surface area contributed by atoms with Gasteiger partial charge < -0.3 is 15.0 Å². The lowest BCUT2D eigenvalue weighted by molar-refractivity contribution is 0.395. The number of halogens is 1. The lowest BCUT2D eigenvalue weighted by Crippen LogP contribution is -2.52. The maximum Gasteiger partial charge on any atom is 0.232 e. The number of ether oxygens (including phenoxy) is 1. The molecule has 34 heavy (non-hydrogen) atoms. The standard InChI is InChI=1S/C24H27FN6O2S/c1-23(2)22(26)29-24(3,13-34(23)31-15-6-7-15)16-9-14(5-8-17(16)25)20-10-18(30-33-20)19-11-28-21(32-4)12-27-19/h5,8-12,15H,6-7,13H2,1-4H3,(H2,26,29)/t24-,34-/m0/s1. The molecule has 1 aliphatic carbocycles. The first-order valence-corrected chi connectivity index (χ1v) is 12.5. The van der Waals surface area contributed by atoms with Crippen LogP contribution in [0.5, 0.6) is 5.88 Å². The summed E-state index contributed by atoms with van der Waals surface area (Å²) in [7, 11) is 1.16. The Morgan fingerprint density at radius 2 is 1.94 bits per heavy atom. The first-order valence-electron chi connectivity index (χ1n) is 11.1. The number of methoxy groups -OCH3 is 1. The van der Waals surface area contributed by atoms with Crippen LogP contribution in [0.25, 0.3) is 22.7 Å². The molecule has 0 spiro atoms. The molecule has 5 rings (SSSR count). The second-order valence-corrected chi connectivity index (χ2v) is 11.6. The summed E-state index contributed by atoms with van der Waals surface area (Å²) in [6.07, 6.45) is 5.30.